The molecule has 0 aromatic carbocycles. The van der Waals surface area contributed by atoms with Crippen LogP contribution in [0.2, 0.25) is 0 Å². The molecule has 0 aromatic rings. The topological polar surface area (TPSA) is 0 Å². The third kappa shape index (κ3) is 54.8. The van der Waals surface area contributed by atoms with Crippen LogP contribution in [0.15, 0.2) is 0 Å². The molecule has 0 aromatic heterocycles. The first kappa shape index (κ1) is 104. The van der Waals surface area contributed by atoms with Crippen LogP contribution in [0, 0.1) is 0 Å². The minimum Gasteiger partial charge on any atom is -0.197 e. The number of hydrogen-bond acceptors (Lipinski definition) is 0. The Bertz CT molecular complexity index is 19.7. The van der Waals surface area contributed by atoms with Gasteiger partial charge in [-0.1, -0.05) is 7.43 Å². The normalized spacial score (nSPS) is 0. The molecule has 51 valence electrons. The van der Waals surface area contributed by atoms with Crippen molar-refractivity contribution in [3.8, 4) is 0 Å². The molecule has 0 aliphatic carbocycles. The van der Waals surface area contributed by atoms with Crippen molar-refractivity contribution in [2.45, 2.75) is 7.43 Å². The SMILES string of the molecule is C.S.[Cr].[Fe].[Mn].[Ni].[Si]. The molecule has 0 spiro atoms. The van der Waals surface area contributed by atoms with Crippen molar-refractivity contribution in [3.63, 3.8) is 0 Å². The van der Waals surface area contributed by atoms with Crippen LogP contribution in [0.5, 0.6) is 0 Å². The molecule has 7 heavy (non-hydrogen) atoms. The number of hydrogen-bond donors (Lipinski definition) is 0. The summed E-state index contributed by atoms with van der Waals surface area (Å²) in [6, 6.07) is 0. The van der Waals surface area contributed by atoms with E-state index in [2.05, 4.69) is 0 Å². The van der Waals surface area contributed by atoms with E-state index in [9.17, 15) is 0 Å². The van der Waals surface area contributed by atoms with E-state index >= 15 is 0 Å². The van der Waals surface area contributed by atoms with Gasteiger partial charge < -0.3 is 0 Å². The fourth-order valence-electron chi connectivity index (χ4n) is 0. The predicted molar refractivity (Wildman–Crippen MR) is 22.9 cm³/mol. The molecule has 0 heterocycles. The van der Waals surface area contributed by atoms with E-state index in [1.165, 1.54) is 0 Å². The van der Waals surface area contributed by atoms with Gasteiger partial charge in [-0.25, -0.2) is 0 Å². The second-order valence-corrected chi connectivity index (χ2v) is 0. The standard InChI is InChI=1S/CH4.Cr.Fe.Mn.Ni.H2S.Si/h1H4;;;;;1H2;. The summed E-state index contributed by atoms with van der Waals surface area (Å²) in [5, 5.41) is 0. The molecule has 0 bridgehead atoms. The average Bonchev–Trinajstić information content (AvgIpc) is 0. The van der Waals surface area contributed by atoms with Gasteiger partial charge in [-0.3, -0.25) is 0 Å². The van der Waals surface area contributed by atoms with Gasteiger partial charge in [0, 0.05) is 79.0 Å². The van der Waals surface area contributed by atoms with Gasteiger partial charge in [-0.15, -0.1) is 0 Å². The summed E-state index contributed by atoms with van der Waals surface area (Å²) in [7, 11) is 0. The van der Waals surface area contributed by atoms with Gasteiger partial charge in [-0.05, 0) is 0 Å². The van der Waals surface area contributed by atoms with E-state index in [0.29, 0.717) is 0 Å². The molecule has 5 radical (unpaired) electrons. The Labute approximate surface area is 98.8 Å². The molecule has 0 aliphatic heterocycles. The molecule has 0 saturated carbocycles. The van der Waals surface area contributed by atoms with Gasteiger partial charge in [-0.2, -0.15) is 13.5 Å². The summed E-state index contributed by atoms with van der Waals surface area (Å²) in [5.74, 6) is 0. The van der Waals surface area contributed by atoms with Crippen LogP contribution in [0.3, 0.4) is 0 Å². The molecule has 0 rings (SSSR count). The molecule has 6 heteroatoms. The quantitative estimate of drug-likeness (QED) is 0.567. The third-order valence-corrected chi connectivity index (χ3v) is 0. The summed E-state index contributed by atoms with van der Waals surface area (Å²) >= 11 is 0. The van der Waals surface area contributed by atoms with Gasteiger partial charge in [0.1, 0.15) is 0 Å². The Hall–Kier alpha value is 2.63. The van der Waals surface area contributed by atoms with Crippen molar-refractivity contribution in [1.29, 1.82) is 0 Å². The van der Waals surface area contributed by atoms with Crippen molar-refractivity contribution in [3.05, 3.63) is 0 Å². The van der Waals surface area contributed by atoms with E-state index in [-0.39, 0.29) is 99.9 Å². The molecular formula is CH6CrFeMnNiSSi. The maximum Gasteiger partial charge on any atom is 0 e. The van der Waals surface area contributed by atoms with Crippen molar-refractivity contribution >= 4 is 24.5 Å². The second kappa shape index (κ2) is 72.6. The molecule has 0 fully saturated rings. The zero-order chi connectivity index (χ0) is 0. The van der Waals surface area contributed by atoms with Crippen LogP contribution in [-0.2, 0) is 68.0 Å². The summed E-state index contributed by atoms with van der Waals surface area (Å²) in [6.45, 7) is 0. The van der Waals surface area contributed by atoms with Crippen LogP contribution >= 0.6 is 13.5 Å². The van der Waals surface area contributed by atoms with Crippen molar-refractivity contribution in [1.82, 2.24) is 0 Å². The van der Waals surface area contributed by atoms with Crippen molar-refractivity contribution in [2.24, 2.45) is 0 Å². The first-order chi connectivity index (χ1) is 0. The van der Waals surface area contributed by atoms with E-state index < -0.39 is 0 Å². The Morgan fingerprint density at radius 1 is 1.00 bits per heavy atom. The molecule has 0 atom stereocenters. The Kier molecular flexibility index (Phi) is 1070. The fraction of sp³-hybridized carbons (Fsp3) is 1.00. The largest absolute Gasteiger partial charge is 0.197 e. The van der Waals surface area contributed by atoms with Gasteiger partial charge in [0.15, 0.2) is 0 Å². The third-order valence-electron chi connectivity index (χ3n) is 0. The maximum atomic E-state index is 0. The van der Waals surface area contributed by atoms with E-state index in [0.717, 1.165) is 0 Å². The van der Waals surface area contributed by atoms with Gasteiger partial charge >= 0.3 is 0 Å². The summed E-state index contributed by atoms with van der Waals surface area (Å²) < 4.78 is 0. The summed E-state index contributed by atoms with van der Waals surface area (Å²) in [5.41, 5.74) is 0. The van der Waals surface area contributed by atoms with Gasteiger partial charge in [0.2, 0.25) is 0 Å². The Balaban J connectivity index is 0. The average molecular weight is 300 g/mol. The van der Waals surface area contributed by atoms with E-state index in [1.807, 2.05) is 0 Å². The van der Waals surface area contributed by atoms with Crippen LogP contribution in [-0.4, -0.2) is 11.0 Å². The molecule has 0 N–H and O–H groups in total. The van der Waals surface area contributed by atoms with Gasteiger partial charge in [0.05, 0.1) is 0 Å². The summed E-state index contributed by atoms with van der Waals surface area (Å²) in [4.78, 5) is 0. The monoisotopic (exact) mass is 299 g/mol. The second-order valence-electron chi connectivity index (χ2n) is 0. The van der Waals surface area contributed by atoms with E-state index in [1.54, 1.807) is 0 Å². The zero-order valence-corrected chi connectivity index (χ0v) is 9.00. The Morgan fingerprint density at radius 3 is 1.00 bits per heavy atom. The van der Waals surface area contributed by atoms with E-state index in [4.69, 9.17) is 0 Å². The van der Waals surface area contributed by atoms with Crippen LogP contribution < -0.4 is 0 Å². The summed E-state index contributed by atoms with van der Waals surface area (Å²) in [6.07, 6.45) is 0. The maximum absolute atomic E-state index is 0. The minimum absolute atomic E-state index is 0. The molecular weight excluding hydrogens is 294 g/mol. The molecule has 0 unspecified atom stereocenters. The fourth-order valence-corrected chi connectivity index (χ4v) is 0. The zero-order valence-electron chi connectivity index (χ0n) is 2.46. The van der Waals surface area contributed by atoms with Crippen molar-refractivity contribution in [2.75, 3.05) is 0 Å². The Morgan fingerprint density at radius 2 is 1.00 bits per heavy atom. The van der Waals surface area contributed by atoms with Crippen LogP contribution in [0.25, 0.3) is 0 Å². The molecule has 0 nitrogen and oxygen atoms in total. The minimum atomic E-state index is 0. The molecule has 0 saturated heterocycles. The van der Waals surface area contributed by atoms with Crippen molar-refractivity contribution < 1.29 is 68.0 Å². The number of rotatable bonds is 0. The first-order valence-electron chi connectivity index (χ1n) is 0. The molecule has 0 aliphatic rings. The van der Waals surface area contributed by atoms with Crippen LogP contribution in [0.1, 0.15) is 7.43 Å². The first-order valence-corrected chi connectivity index (χ1v) is 0. The van der Waals surface area contributed by atoms with Gasteiger partial charge in [0.25, 0.3) is 0 Å². The smallest absolute Gasteiger partial charge is 0 e. The van der Waals surface area contributed by atoms with Crippen LogP contribution in [0.4, 0.5) is 0 Å². The molecule has 0 amide bonds. The predicted octanol–water partition coefficient (Wildman–Crippen LogP) is 0.358.